The van der Waals surface area contributed by atoms with Crippen molar-refractivity contribution in [3.63, 3.8) is 0 Å². The van der Waals surface area contributed by atoms with Gasteiger partial charge in [0.2, 0.25) is 5.91 Å². The molecule has 0 bridgehead atoms. The van der Waals surface area contributed by atoms with Crippen molar-refractivity contribution in [1.29, 1.82) is 0 Å². The zero-order valence-electron chi connectivity index (χ0n) is 18.3. The number of para-hydroxylation sites is 1. The number of urea groups is 1. The average molecular weight is 460 g/mol. The van der Waals surface area contributed by atoms with Crippen LogP contribution in [-0.4, -0.2) is 34.8 Å². The molecule has 0 aliphatic carbocycles. The first kappa shape index (κ1) is 22.6. The summed E-state index contributed by atoms with van der Waals surface area (Å²) in [6.07, 6.45) is 1.10. The summed E-state index contributed by atoms with van der Waals surface area (Å²) in [5.74, 6) is -0.808. The highest BCUT2D eigenvalue weighted by Gasteiger charge is 2.47. The lowest BCUT2D eigenvalue weighted by Gasteiger charge is -2.21. The van der Waals surface area contributed by atoms with E-state index in [1.807, 2.05) is 78.9 Å². The SMILES string of the molecule is C[C@@]1(CCc2ccccc2)NC(=O)N(CC(=O)Nc2ccccc2Sc2ccccc2)C1=O. The largest absolute Gasteiger partial charge is 0.325 e. The molecule has 1 fully saturated rings. The van der Waals surface area contributed by atoms with Crippen molar-refractivity contribution in [3.05, 3.63) is 90.5 Å². The molecule has 7 heteroatoms. The molecule has 3 aromatic carbocycles. The molecule has 1 aliphatic rings. The van der Waals surface area contributed by atoms with E-state index >= 15 is 0 Å². The highest BCUT2D eigenvalue weighted by Crippen LogP contribution is 2.33. The van der Waals surface area contributed by atoms with Gasteiger partial charge in [-0.3, -0.25) is 14.5 Å². The van der Waals surface area contributed by atoms with Crippen molar-refractivity contribution in [2.75, 3.05) is 11.9 Å². The van der Waals surface area contributed by atoms with Gasteiger partial charge in [0.1, 0.15) is 12.1 Å². The van der Waals surface area contributed by atoms with Crippen molar-refractivity contribution in [2.45, 2.75) is 35.1 Å². The highest BCUT2D eigenvalue weighted by molar-refractivity contribution is 7.99. The van der Waals surface area contributed by atoms with Crippen LogP contribution in [0.1, 0.15) is 18.9 Å². The Kier molecular flexibility index (Phi) is 6.79. The molecular formula is C26H25N3O3S. The predicted molar refractivity (Wildman–Crippen MR) is 129 cm³/mol. The van der Waals surface area contributed by atoms with E-state index in [1.54, 1.807) is 13.0 Å². The molecule has 1 aliphatic heterocycles. The second kappa shape index (κ2) is 9.92. The average Bonchev–Trinajstić information content (AvgIpc) is 3.03. The van der Waals surface area contributed by atoms with Crippen molar-refractivity contribution < 1.29 is 14.4 Å². The number of nitrogens with zero attached hydrogens (tertiary/aromatic N) is 1. The third-order valence-corrected chi connectivity index (χ3v) is 6.62. The molecule has 0 spiro atoms. The van der Waals surface area contributed by atoms with Crippen LogP contribution in [0.15, 0.2) is 94.7 Å². The summed E-state index contributed by atoms with van der Waals surface area (Å²) in [6.45, 7) is 1.37. The summed E-state index contributed by atoms with van der Waals surface area (Å²) in [7, 11) is 0. The number of anilines is 1. The summed E-state index contributed by atoms with van der Waals surface area (Å²) >= 11 is 1.53. The summed E-state index contributed by atoms with van der Waals surface area (Å²) in [6, 6.07) is 26.5. The maximum Gasteiger partial charge on any atom is 0.325 e. The van der Waals surface area contributed by atoms with Crippen LogP contribution in [0, 0.1) is 0 Å². The van der Waals surface area contributed by atoms with Gasteiger partial charge in [-0.1, -0.05) is 72.4 Å². The fourth-order valence-corrected chi connectivity index (χ4v) is 4.63. The van der Waals surface area contributed by atoms with Crippen LogP contribution in [0.3, 0.4) is 0 Å². The van der Waals surface area contributed by atoms with E-state index in [-0.39, 0.29) is 12.5 Å². The minimum atomic E-state index is -1.03. The second-order valence-corrected chi connectivity index (χ2v) is 9.21. The highest BCUT2D eigenvalue weighted by atomic mass is 32.2. The number of nitrogens with one attached hydrogen (secondary N) is 2. The van der Waals surface area contributed by atoms with E-state index < -0.39 is 17.5 Å². The van der Waals surface area contributed by atoms with Gasteiger partial charge < -0.3 is 10.6 Å². The maximum absolute atomic E-state index is 13.0. The number of imide groups is 1. The fourth-order valence-electron chi connectivity index (χ4n) is 3.71. The summed E-state index contributed by atoms with van der Waals surface area (Å²) in [5.41, 5.74) is 0.689. The van der Waals surface area contributed by atoms with E-state index in [9.17, 15) is 14.4 Å². The maximum atomic E-state index is 13.0. The van der Waals surface area contributed by atoms with Gasteiger partial charge in [0, 0.05) is 9.79 Å². The Labute approximate surface area is 197 Å². The Morgan fingerprint density at radius 2 is 1.58 bits per heavy atom. The normalized spacial score (nSPS) is 17.7. The van der Waals surface area contributed by atoms with Gasteiger partial charge in [-0.2, -0.15) is 0 Å². The smallest absolute Gasteiger partial charge is 0.323 e. The molecular weight excluding hydrogens is 434 g/mol. The molecule has 6 nitrogen and oxygen atoms in total. The lowest BCUT2D eigenvalue weighted by molar-refractivity contribution is -0.133. The molecule has 0 aromatic heterocycles. The monoisotopic (exact) mass is 459 g/mol. The van der Waals surface area contributed by atoms with Crippen LogP contribution >= 0.6 is 11.8 Å². The zero-order chi connectivity index (χ0) is 23.3. The van der Waals surface area contributed by atoms with Crippen LogP contribution in [0.4, 0.5) is 10.5 Å². The molecule has 33 heavy (non-hydrogen) atoms. The first-order valence-electron chi connectivity index (χ1n) is 10.7. The number of benzene rings is 3. The molecule has 2 N–H and O–H groups in total. The van der Waals surface area contributed by atoms with E-state index in [1.165, 1.54) is 11.8 Å². The third-order valence-electron chi connectivity index (χ3n) is 5.54. The second-order valence-electron chi connectivity index (χ2n) is 8.10. The molecule has 1 saturated heterocycles. The van der Waals surface area contributed by atoms with Gasteiger partial charge in [-0.15, -0.1) is 0 Å². The molecule has 0 unspecified atom stereocenters. The Bertz CT molecular complexity index is 1150. The number of carbonyl (C=O) groups excluding carboxylic acids is 3. The van der Waals surface area contributed by atoms with Gasteiger partial charge >= 0.3 is 6.03 Å². The third kappa shape index (κ3) is 5.43. The van der Waals surface area contributed by atoms with Crippen LogP contribution in [0.5, 0.6) is 0 Å². The molecule has 0 saturated carbocycles. The van der Waals surface area contributed by atoms with E-state index in [0.29, 0.717) is 18.5 Å². The molecule has 3 aromatic rings. The van der Waals surface area contributed by atoms with Crippen LogP contribution in [-0.2, 0) is 16.0 Å². The van der Waals surface area contributed by atoms with Crippen LogP contribution in [0.2, 0.25) is 0 Å². The Morgan fingerprint density at radius 3 is 2.30 bits per heavy atom. The minimum absolute atomic E-state index is 0.337. The standard InChI is InChI=1S/C26H25N3O3S/c1-26(17-16-19-10-4-2-5-11-19)24(31)29(25(32)28-26)18-23(30)27-21-14-8-9-15-22(21)33-20-12-6-3-7-13-20/h2-15H,16-18H2,1H3,(H,27,30)(H,28,32)/t26-/m0/s1. The van der Waals surface area contributed by atoms with Gasteiger partial charge in [0.05, 0.1) is 5.69 Å². The number of hydrogen-bond acceptors (Lipinski definition) is 4. The quantitative estimate of drug-likeness (QED) is 0.478. The Hall–Kier alpha value is -3.58. The Balaban J connectivity index is 1.40. The van der Waals surface area contributed by atoms with Crippen LogP contribution in [0.25, 0.3) is 0 Å². The predicted octanol–water partition coefficient (Wildman–Crippen LogP) is 4.72. The summed E-state index contributed by atoms with van der Waals surface area (Å²) in [5, 5.41) is 5.62. The molecule has 4 rings (SSSR count). The van der Waals surface area contributed by atoms with Gasteiger partial charge in [-0.05, 0) is 49.6 Å². The first-order valence-corrected chi connectivity index (χ1v) is 11.6. The number of amides is 4. The summed E-state index contributed by atoms with van der Waals surface area (Å²) < 4.78 is 0. The zero-order valence-corrected chi connectivity index (χ0v) is 19.1. The van der Waals surface area contributed by atoms with Crippen molar-refractivity contribution in [2.24, 2.45) is 0 Å². The number of aryl methyl sites for hydroxylation is 1. The molecule has 1 atom stereocenters. The first-order chi connectivity index (χ1) is 15.9. The lowest BCUT2D eigenvalue weighted by atomic mass is 9.93. The van der Waals surface area contributed by atoms with Crippen molar-refractivity contribution in [3.8, 4) is 0 Å². The number of hydrogen-bond donors (Lipinski definition) is 2. The number of rotatable bonds is 8. The minimum Gasteiger partial charge on any atom is -0.323 e. The van der Waals surface area contributed by atoms with Crippen molar-refractivity contribution >= 4 is 35.3 Å². The summed E-state index contributed by atoms with van der Waals surface area (Å²) in [4.78, 5) is 41.2. The fraction of sp³-hybridized carbons (Fsp3) is 0.192. The van der Waals surface area contributed by atoms with Gasteiger partial charge in [0.15, 0.2) is 0 Å². The number of carbonyl (C=O) groups is 3. The van der Waals surface area contributed by atoms with E-state index in [0.717, 1.165) is 20.3 Å². The van der Waals surface area contributed by atoms with Gasteiger partial charge in [-0.25, -0.2) is 4.79 Å². The van der Waals surface area contributed by atoms with Crippen LogP contribution < -0.4 is 10.6 Å². The Morgan fingerprint density at radius 1 is 0.939 bits per heavy atom. The lowest BCUT2D eigenvalue weighted by Crippen LogP contribution is -2.45. The molecule has 168 valence electrons. The molecule has 1 heterocycles. The van der Waals surface area contributed by atoms with E-state index in [2.05, 4.69) is 10.6 Å². The van der Waals surface area contributed by atoms with E-state index in [4.69, 9.17) is 0 Å². The van der Waals surface area contributed by atoms with Crippen molar-refractivity contribution in [1.82, 2.24) is 10.2 Å². The van der Waals surface area contributed by atoms with Gasteiger partial charge in [0.25, 0.3) is 5.91 Å². The molecule has 0 radical (unpaired) electrons. The topological polar surface area (TPSA) is 78.5 Å². The molecule has 4 amide bonds.